The third-order valence-electron chi connectivity index (χ3n) is 5.37. The summed E-state index contributed by atoms with van der Waals surface area (Å²) in [6, 6.07) is 13.6. The second-order valence-corrected chi connectivity index (χ2v) is 10.5. The van der Waals surface area contributed by atoms with Gasteiger partial charge in [-0.3, -0.25) is 4.79 Å². The highest BCUT2D eigenvalue weighted by Gasteiger charge is 2.22. The van der Waals surface area contributed by atoms with Gasteiger partial charge in [-0.05, 0) is 53.2 Å². The fourth-order valence-corrected chi connectivity index (χ4v) is 4.60. The molecule has 0 radical (unpaired) electrons. The van der Waals surface area contributed by atoms with Crippen LogP contribution in [0.5, 0.6) is 5.75 Å². The maximum atomic E-state index is 13.0. The van der Waals surface area contributed by atoms with Crippen molar-refractivity contribution in [2.24, 2.45) is 0 Å². The van der Waals surface area contributed by atoms with Crippen LogP contribution in [0.2, 0.25) is 0 Å². The van der Waals surface area contributed by atoms with Crippen LogP contribution < -0.4 is 10.1 Å². The lowest BCUT2D eigenvalue weighted by atomic mass is 10.0. The molecule has 36 heavy (non-hydrogen) atoms. The SMILES string of the molecule is Cc1ccc(-c2nc(C(=O)NCc3cc(CC(OC(C)C)C(=O)O)ccc3OC(C)C)c(C)s2)cc1. The van der Waals surface area contributed by atoms with Gasteiger partial charge in [-0.25, -0.2) is 9.78 Å². The fraction of sp³-hybridized carbons (Fsp3) is 0.393. The minimum absolute atomic E-state index is 0.0563. The van der Waals surface area contributed by atoms with Crippen LogP contribution in [-0.4, -0.2) is 40.3 Å². The van der Waals surface area contributed by atoms with Gasteiger partial charge in [0.1, 0.15) is 16.5 Å². The Morgan fingerprint density at radius 3 is 2.33 bits per heavy atom. The molecule has 8 heteroatoms. The molecular weight excluding hydrogens is 476 g/mol. The number of nitrogens with one attached hydrogen (secondary N) is 1. The van der Waals surface area contributed by atoms with E-state index in [9.17, 15) is 14.7 Å². The van der Waals surface area contributed by atoms with E-state index in [2.05, 4.69) is 10.3 Å². The standard InChI is InChI=1S/C28H34N2O5S/c1-16(2)34-23-12-9-20(14-24(28(32)33)35-17(3)4)13-22(23)15-29-26(31)25-19(6)36-27(30-25)21-10-7-18(5)8-11-21/h7-13,16-17,24H,14-15H2,1-6H3,(H,29,31)(H,32,33). The lowest BCUT2D eigenvalue weighted by Gasteiger charge is -2.19. The summed E-state index contributed by atoms with van der Waals surface area (Å²) in [4.78, 5) is 30.1. The van der Waals surface area contributed by atoms with Crippen molar-refractivity contribution in [3.63, 3.8) is 0 Å². The monoisotopic (exact) mass is 510 g/mol. The number of carbonyl (C=O) groups excluding carboxylic acids is 1. The first kappa shape index (κ1) is 27.4. The van der Waals surface area contributed by atoms with E-state index in [1.165, 1.54) is 11.3 Å². The number of aryl methyl sites for hydroxylation is 2. The van der Waals surface area contributed by atoms with E-state index < -0.39 is 12.1 Å². The smallest absolute Gasteiger partial charge is 0.333 e. The van der Waals surface area contributed by atoms with Gasteiger partial charge in [0, 0.05) is 29.0 Å². The van der Waals surface area contributed by atoms with Crippen LogP contribution in [-0.2, 0) is 22.5 Å². The van der Waals surface area contributed by atoms with Gasteiger partial charge < -0.3 is 19.9 Å². The summed E-state index contributed by atoms with van der Waals surface area (Å²) < 4.78 is 11.5. The molecule has 0 bridgehead atoms. The summed E-state index contributed by atoms with van der Waals surface area (Å²) in [6.45, 7) is 11.6. The first-order chi connectivity index (χ1) is 17.0. The van der Waals surface area contributed by atoms with E-state index in [1.807, 2.05) is 70.2 Å². The van der Waals surface area contributed by atoms with Crippen LogP contribution in [0.15, 0.2) is 42.5 Å². The number of thiazole rings is 1. The maximum Gasteiger partial charge on any atom is 0.333 e. The Morgan fingerprint density at radius 1 is 1.03 bits per heavy atom. The van der Waals surface area contributed by atoms with Crippen molar-refractivity contribution in [2.45, 2.75) is 72.8 Å². The largest absolute Gasteiger partial charge is 0.491 e. The topological polar surface area (TPSA) is 97.8 Å². The maximum absolute atomic E-state index is 13.0. The Hall–Kier alpha value is -3.23. The van der Waals surface area contributed by atoms with E-state index in [0.717, 1.165) is 32.1 Å². The first-order valence-corrected chi connectivity index (χ1v) is 12.8. The van der Waals surface area contributed by atoms with Gasteiger partial charge >= 0.3 is 5.97 Å². The van der Waals surface area contributed by atoms with Crippen molar-refractivity contribution >= 4 is 23.2 Å². The number of carboxylic acid groups (broad SMARTS) is 1. The second-order valence-electron chi connectivity index (χ2n) is 9.30. The molecule has 2 aromatic carbocycles. The minimum Gasteiger partial charge on any atom is -0.491 e. The highest BCUT2D eigenvalue weighted by atomic mass is 32.1. The molecule has 0 aliphatic heterocycles. The molecule has 0 saturated heterocycles. The zero-order valence-electron chi connectivity index (χ0n) is 21.6. The van der Waals surface area contributed by atoms with Crippen molar-refractivity contribution in [3.8, 4) is 16.3 Å². The first-order valence-electron chi connectivity index (χ1n) is 12.0. The molecule has 1 amide bonds. The van der Waals surface area contributed by atoms with Gasteiger partial charge in [0.25, 0.3) is 5.91 Å². The molecule has 0 aliphatic carbocycles. The zero-order chi connectivity index (χ0) is 26.4. The van der Waals surface area contributed by atoms with Gasteiger partial charge in [0.2, 0.25) is 0 Å². The van der Waals surface area contributed by atoms with Crippen LogP contribution in [0.25, 0.3) is 10.6 Å². The molecule has 2 N–H and O–H groups in total. The number of ether oxygens (including phenoxy) is 2. The van der Waals surface area contributed by atoms with Gasteiger partial charge in [-0.1, -0.05) is 42.0 Å². The van der Waals surface area contributed by atoms with Crippen molar-refractivity contribution in [3.05, 3.63) is 69.7 Å². The predicted octanol–water partition coefficient (Wildman–Crippen LogP) is 5.56. The van der Waals surface area contributed by atoms with Crippen molar-refractivity contribution in [2.75, 3.05) is 0 Å². The summed E-state index contributed by atoms with van der Waals surface area (Å²) in [7, 11) is 0. The highest BCUT2D eigenvalue weighted by Crippen LogP contribution is 2.28. The van der Waals surface area contributed by atoms with Crippen molar-refractivity contribution in [1.29, 1.82) is 0 Å². The summed E-state index contributed by atoms with van der Waals surface area (Å²) in [5.41, 5.74) is 4.08. The normalized spacial score (nSPS) is 12.1. The number of benzene rings is 2. The van der Waals surface area contributed by atoms with E-state index in [-0.39, 0.29) is 31.1 Å². The third-order valence-corrected chi connectivity index (χ3v) is 6.39. The van der Waals surface area contributed by atoms with Gasteiger partial charge in [-0.2, -0.15) is 0 Å². The number of aliphatic carboxylic acids is 1. The molecule has 0 fully saturated rings. The fourth-order valence-electron chi connectivity index (χ4n) is 3.69. The summed E-state index contributed by atoms with van der Waals surface area (Å²) in [5, 5.41) is 13.3. The molecule has 0 saturated carbocycles. The van der Waals surface area contributed by atoms with E-state index in [0.29, 0.717) is 11.4 Å². The van der Waals surface area contributed by atoms with E-state index in [4.69, 9.17) is 9.47 Å². The highest BCUT2D eigenvalue weighted by molar-refractivity contribution is 7.15. The zero-order valence-corrected chi connectivity index (χ0v) is 22.4. The summed E-state index contributed by atoms with van der Waals surface area (Å²) in [5.74, 6) is -0.639. The van der Waals surface area contributed by atoms with Crippen molar-refractivity contribution in [1.82, 2.24) is 10.3 Å². The Balaban J connectivity index is 1.79. The molecule has 0 spiro atoms. The average Bonchev–Trinajstić information content (AvgIpc) is 3.19. The lowest BCUT2D eigenvalue weighted by Crippen LogP contribution is -2.29. The summed E-state index contributed by atoms with van der Waals surface area (Å²) in [6.07, 6.45) is -1.01. The average molecular weight is 511 g/mol. The summed E-state index contributed by atoms with van der Waals surface area (Å²) >= 11 is 1.49. The molecule has 3 aromatic rings. The van der Waals surface area contributed by atoms with E-state index >= 15 is 0 Å². The van der Waals surface area contributed by atoms with Gasteiger partial charge in [-0.15, -0.1) is 11.3 Å². The molecular formula is C28H34N2O5S. The van der Waals surface area contributed by atoms with Crippen LogP contribution in [0.1, 0.15) is 59.8 Å². The Kier molecular flexibility index (Phi) is 9.23. The molecule has 1 atom stereocenters. The van der Waals surface area contributed by atoms with Crippen LogP contribution in [0, 0.1) is 13.8 Å². The third kappa shape index (κ3) is 7.38. The Bertz CT molecular complexity index is 1200. The number of hydrogen-bond acceptors (Lipinski definition) is 6. The molecule has 1 heterocycles. The Morgan fingerprint density at radius 2 is 1.72 bits per heavy atom. The second kappa shape index (κ2) is 12.1. The minimum atomic E-state index is -1.01. The number of hydrogen-bond donors (Lipinski definition) is 2. The van der Waals surface area contributed by atoms with Gasteiger partial charge in [0.05, 0.1) is 12.2 Å². The molecule has 192 valence electrons. The van der Waals surface area contributed by atoms with Gasteiger partial charge in [0.15, 0.2) is 6.10 Å². The quantitative estimate of drug-likeness (QED) is 0.350. The molecule has 3 rings (SSSR count). The molecule has 1 aromatic heterocycles. The number of carbonyl (C=O) groups is 2. The number of amides is 1. The van der Waals surface area contributed by atoms with Crippen LogP contribution >= 0.6 is 11.3 Å². The Labute approximate surface area is 216 Å². The number of carboxylic acids is 1. The molecule has 0 aliphatic rings. The lowest BCUT2D eigenvalue weighted by molar-refractivity contribution is -0.153. The van der Waals surface area contributed by atoms with E-state index in [1.54, 1.807) is 13.8 Å². The predicted molar refractivity (Wildman–Crippen MR) is 142 cm³/mol. The number of nitrogens with zero attached hydrogens (tertiary/aromatic N) is 1. The van der Waals surface area contributed by atoms with Crippen LogP contribution in [0.3, 0.4) is 0 Å². The number of aromatic nitrogens is 1. The molecule has 1 unspecified atom stereocenters. The van der Waals surface area contributed by atoms with Crippen molar-refractivity contribution < 1.29 is 24.2 Å². The molecule has 7 nitrogen and oxygen atoms in total. The number of rotatable bonds is 11. The van der Waals surface area contributed by atoms with Crippen LogP contribution in [0.4, 0.5) is 0 Å².